The van der Waals surface area contributed by atoms with E-state index < -0.39 is 0 Å². The van der Waals surface area contributed by atoms with E-state index in [0.29, 0.717) is 23.2 Å². The summed E-state index contributed by atoms with van der Waals surface area (Å²) in [5.74, 6) is 1.69. The second kappa shape index (κ2) is 6.80. The van der Waals surface area contributed by atoms with Gasteiger partial charge in [0, 0.05) is 23.3 Å². The molecule has 1 saturated carbocycles. The van der Waals surface area contributed by atoms with Gasteiger partial charge in [-0.1, -0.05) is 13.3 Å². The van der Waals surface area contributed by atoms with E-state index in [4.69, 9.17) is 0 Å². The van der Waals surface area contributed by atoms with Crippen molar-refractivity contribution in [1.82, 2.24) is 10.6 Å². The molecular weight excluding hydrogens is 244 g/mol. The van der Waals surface area contributed by atoms with Gasteiger partial charge < -0.3 is 10.6 Å². The number of amides is 1. The predicted octanol–water partition coefficient (Wildman–Crippen LogP) is 2.16. The molecule has 2 N–H and O–H groups in total. The standard InChI is InChI=1S/C14H26N2OS/c1-3-18-13-6-4-5-12(13)16-14(17)11-7-8-15-10(2)9-11/h10-13,15H,3-9H2,1-2H3,(H,16,17). The van der Waals surface area contributed by atoms with Crippen molar-refractivity contribution in [3.05, 3.63) is 0 Å². The van der Waals surface area contributed by atoms with Crippen LogP contribution in [0, 0.1) is 5.92 Å². The van der Waals surface area contributed by atoms with Crippen molar-refractivity contribution in [2.75, 3.05) is 12.3 Å². The molecule has 1 aliphatic heterocycles. The topological polar surface area (TPSA) is 41.1 Å². The van der Waals surface area contributed by atoms with Crippen LogP contribution >= 0.6 is 11.8 Å². The fourth-order valence-electron chi connectivity index (χ4n) is 3.18. The van der Waals surface area contributed by atoms with E-state index in [0.717, 1.165) is 25.1 Å². The van der Waals surface area contributed by atoms with Gasteiger partial charge in [-0.3, -0.25) is 4.79 Å². The summed E-state index contributed by atoms with van der Waals surface area (Å²) < 4.78 is 0. The fraction of sp³-hybridized carbons (Fsp3) is 0.929. The lowest BCUT2D eigenvalue weighted by molar-refractivity contribution is -0.126. The Kier molecular flexibility index (Phi) is 5.37. The molecule has 0 aromatic rings. The number of piperidine rings is 1. The van der Waals surface area contributed by atoms with E-state index in [1.807, 2.05) is 11.8 Å². The molecule has 0 bridgehead atoms. The molecule has 0 spiro atoms. The molecule has 1 saturated heterocycles. The highest BCUT2D eigenvalue weighted by atomic mass is 32.2. The molecule has 4 heteroatoms. The van der Waals surface area contributed by atoms with Crippen molar-refractivity contribution in [2.24, 2.45) is 5.92 Å². The second-order valence-corrected chi connectivity index (χ2v) is 7.13. The molecule has 104 valence electrons. The maximum Gasteiger partial charge on any atom is 0.223 e. The van der Waals surface area contributed by atoms with E-state index >= 15 is 0 Å². The van der Waals surface area contributed by atoms with E-state index in [1.54, 1.807) is 0 Å². The van der Waals surface area contributed by atoms with E-state index in [2.05, 4.69) is 24.5 Å². The van der Waals surface area contributed by atoms with Crippen molar-refractivity contribution in [2.45, 2.75) is 63.3 Å². The number of thioether (sulfide) groups is 1. The van der Waals surface area contributed by atoms with E-state index in [9.17, 15) is 4.79 Å². The fourth-order valence-corrected chi connectivity index (χ4v) is 4.37. The predicted molar refractivity (Wildman–Crippen MR) is 77.9 cm³/mol. The van der Waals surface area contributed by atoms with E-state index in [-0.39, 0.29) is 5.92 Å². The van der Waals surface area contributed by atoms with Gasteiger partial charge in [0.2, 0.25) is 5.91 Å². The maximum absolute atomic E-state index is 12.3. The minimum Gasteiger partial charge on any atom is -0.352 e. The lowest BCUT2D eigenvalue weighted by Crippen LogP contribution is -2.46. The Hall–Kier alpha value is -0.220. The van der Waals surface area contributed by atoms with Crippen LogP contribution in [0.1, 0.15) is 46.0 Å². The van der Waals surface area contributed by atoms with Gasteiger partial charge in [-0.15, -0.1) is 0 Å². The Bertz CT molecular complexity index is 285. The van der Waals surface area contributed by atoms with Crippen LogP contribution < -0.4 is 10.6 Å². The molecule has 2 fully saturated rings. The molecular formula is C14H26N2OS. The summed E-state index contributed by atoms with van der Waals surface area (Å²) in [5.41, 5.74) is 0. The molecule has 0 aromatic heterocycles. The lowest BCUT2D eigenvalue weighted by atomic mass is 9.92. The third-order valence-corrected chi connectivity index (χ3v) is 5.48. The molecule has 1 aliphatic carbocycles. The van der Waals surface area contributed by atoms with Crippen LogP contribution in [-0.4, -0.2) is 35.5 Å². The van der Waals surface area contributed by atoms with Crippen molar-refractivity contribution in [3.63, 3.8) is 0 Å². The van der Waals surface area contributed by atoms with Crippen molar-refractivity contribution >= 4 is 17.7 Å². The summed E-state index contributed by atoms with van der Waals surface area (Å²) in [6, 6.07) is 0.909. The molecule has 4 atom stereocenters. The van der Waals surface area contributed by atoms with Crippen LogP contribution in [0.2, 0.25) is 0 Å². The first-order chi connectivity index (χ1) is 8.70. The lowest BCUT2D eigenvalue weighted by Gasteiger charge is -2.29. The van der Waals surface area contributed by atoms with Gasteiger partial charge in [0.05, 0.1) is 0 Å². The van der Waals surface area contributed by atoms with Crippen LogP contribution in [0.15, 0.2) is 0 Å². The first-order valence-electron chi connectivity index (χ1n) is 7.36. The van der Waals surface area contributed by atoms with Gasteiger partial charge >= 0.3 is 0 Å². The number of rotatable bonds is 4. The minimum absolute atomic E-state index is 0.231. The minimum atomic E-state index is 0.231. The zero-order chi connectivity index (χ0) is 13.0. The first kappa shape index (κ1) is 14.2. The molecule has 2 aliphatic rings. The molecule has 1 amide bonds. The normalized spacial score (nSPS) is 36.6. The Balaban J connectivity index is 1.82. The van der Waals surface area contributed by atoms with E-state index in [1.165, 1.54) is 19.3 Å². The third kappa shape index (κ3) is 3.64. The van der Waals surface area contributed by atoms with Gasteiger partial charge in [0.1, 0.15) is 0 Å². The summed E-state index contributed by atoms with van der Waals surface area (Å²) in [7, 11) is 0. The van der Waals surface area contributed by atoms with Gasteiger partial charge in [0.25, 0.3) is 0 Å². The SMILES string of the molecule is CCSC1CCCC1NC(=O)C1CCNC(C)C1. The highest BCUT2D eigenvalue weighted by Gasteiger charge is 2.31. The Labute approximate surface area is 115 Å². The van der Waals surface area contributed by atoms with Crippen LogP contribution in [0.4, 0.5) is 0 Å². The maximum atomic E-state index is 12.3. The third-order valence-electron chi connectivity index (χ3n) is 4.16. The van der Waals surface area contributed by atoms with Crippen molar-refractivity contribution in [1.29, 1.82) is 0 Å². The highest BCUT2D eigenvalue weighted by molar-refractivity contribution is 7.99. The van der Waals surface area contributed by atoms with Crippen molar-refractivity contribution in [3.8, 4) is 0 Å². The van der Waals surface area contributed by atoms with Gasteiger partial charge in [-0.05, 0) is 44.9 Å². The zero-order valence-corrected chi connectivity index (χ0v) is 12.4. The number of hydrogen-bond donors (Lipinski definition) is 2. The van der Waals surface area contributed by atoms with Crippen LogP contribution in [-0.2, 0) is 4.79 Å². The highest BCUT2D eigenvalue weighted by Crippen LogP contribution is 2.30. The Morgan fingerprint density at radius 3 is 2.94 bits per heavy atom. The zero-order valence-electron chi connectivity index (χ0n) is 11.6. The van der Waals surface area contributed by atoms with Crippen LogP contribution in [0.5, 0.6) is 0 Å². The van der Waals surface area contributed by atoms with Crippen LogP contribution in [0.25, 0.3) is 0 Å². The van der Waals surface area contributed by atoms with Crippen molar-refractivity contribution < 1.29 is 4.79 Å². The number of hydrogen-bond acceptors (Lipinski definition) is 3. The second-order valence-electron chi connectivity index (χ2n) is 5.62. The number of carbonyl (C=O) groups is 1. The molecule has 1 heterocycles. The summed E-state index contributed by atoms with van der Waals surface area (Å²) in [6.07, 6.45) is 5.69. The monoisotopic (exact) mass is 270 g/mol. The Morgan fingerprint density at radius 2 is 2.22 bits per heavy atom. The summed E-state index contributed by atoms with van der Waals surface area (Å²) in [5, 5.41) is 7.37. The van der Waals surface area contributed by atoms with Gasteiger partial charge in [0.15, 0.2) is 0 Å². The number of carbonyl (C=O) groups excluding carboxylic acids is 1. The largest absolute Gasteiger partial charge is 0.352 e. The molecule has 18 heavy (non-hydrogen) atoms. The van der Waals surface area contributed by atoms with Gasteiger partial charge in [-0.2, -0.15) is 11.8 Å². The molecule has 3 nitrogen and oxygen atoms in total. The molecule has 0 aromatic carbocycles. The van der Waals surface area contributed by atoms with Gasteiger partial charge in [-0.25, -0.2) is 0 Å². The number of nitrogens with one attached hydrogen (secondary N) is 2. The first-order valence-corrected chi connectivity index (χ1v) is 8.41. The summed E-state index contributed by atoms with van der Waals surface area (Å²) in [6.45, 7) is 5.36. The van der Waals surface area contributed by atoms with Crippen LogP contribution in [0.3, 0.4) is 0 Å². The average Bonchev–Trinajstić information content (AvgIpc) is 2.77. The molecule has 0 radical (unpaired) electrons. The average molecular weight is 270 g/mol. The Morgan fingerprint density at radius 1 is 1.39 bits per heavy atom. The quantitative estimate of drug-likeness (QED) is 0.822. The molecule has 2 rings (SSSR count). The molecule has 4 unspecified atom stereocenters. The smallest absolute Gasteiger partial charge is 0.223 e. The summed E-state index contributed by atoms with van der Waals surface area (Å²) >= 11 is 2.01. The summed E-state index contributed by atoms with van der Waals surface area (Å²) in [4.78, 5) is 12.3.